The lowest BCUT2D eigenvalue weighted by Crippen LogP contribution is -1.99. The minimum Gasteiger partial charge on any atom is -0.299 e. The van der Waals surface area contributed by atoms with Crippen LogP contribution in [-0.2, 0) is 4.79 Å². The maximum absolute atomic E-state index is 11.2. The van der Waals surface area contributed by atoms with Crippen molar-refractivity contribution in [2.45, 2.75) is 44.9 Å². The van der Waals surface area contributed by atoms with Gasteiger partial charge in [0.1, 0.15) is 5.78 Å². The molecule has 0 bridgehead atoms. The molecule has 0 aromatic rings. The Morgan fingerprint density at radius 3 is 2.45 bits per heavy atom. The predicted octanol–water partition coefficient (Wildman–Crippen LogP) is 2.55. The molecule has 62 valence electrons. The summed E-state index contributed by atoms with van der Waals surface area (Å²) in [5.74, 6) is 2.04. The van der Waals surface area contributed by atoms with E-state index in [0.29, 0.717) is 11.7 Å². The number of Topliss-reactive ketones (excluding diaryl/α,β-unsaturated/α-hetero) is 1. The van der Waals surface area contributed by atoms with Crippen LogP contribution >= 0.6 is 0 Å². The van der Waals surface area contributed by atoms with Gasteiger partial charge in [-0.25, -0.2) is 0 Å². The van der Waals surface area contributed by atoms with Gasteiger partial charge in [0.05, 0.1) is 0 Å². The highest BCUT2D eigenvalue weighted by Crippen LogP contribution is 2.35. The maximum atomic E-state index is 11.2. The average molecular weight is 152 g/mol. The standard InChI is InChI=1S/C10H16O/c11-10(9-6-7-9)3-1-2-8-4-5-8/h8-9H,1-7H2. The van der Waals surface area contributed by atoms with E-state index < -0.39 is 0 Å². The Morgan fingerprint density at radius 2 is 1.91 bits per heavy atom. The molecule has 0 atom stereocenters. The van der Waals surface area contributed by atoms with Crippen molar-refractivity contribution in [2.75, 3.05) is 0 Å². The molecule has 0 spiro atoms. The zero-order chi connectivity index (χ0) is 7.68. The third kappa shape index (κ3) is 2.32. The number of ketones is 1. The van der Waals surface area contributed by atoms with Crippen LogP contribution in [0.2, 0.25) is 0 Å². The molecule has 0 amide bonds. The first-order valence-electron chi connectivity index (χ1n) is 4.89. The Labute approximate surface area is 68.2 Å². The Morgan fingerprint density at radius 1 is 1.18 bits per heavy atom. The Bertz CT molecular complexity index is 154. The van der Waals surface area contributed by atoms with Gasteiger partial charge in [-0.15, -0.1) is 0 Å². The first-order chi connectivity index (χ1) is 5.36. The molecule has 0 radical (unpaired) electrons. The zero-order valence-corrected chi connectivity index (χ0v) is 7.01. The fraction of sp³-hybridized carbons (Fsp3) is 0.900. The second-order valence-electron chi connectivity index (χ2n) is 4.08. The van der Waals surface area contributed by atoms with Crippen LogP contribution in [0.1, 0.15) is 44.9 Å². The molecule has 11 heavy (non-hydrogen) atoms. The summed E-state index contributed by atoms with van der Waals surface area (Å²) in [6, 6.07) is 0. The second kappa shape index (κ2) is 2.96. The van der Waals surface area contributed by atoms with E-state index in [1.54, 1.807) is 0 Å². The van der Waals surface area contributed by atoms with Crippen LogP contribution in [-0.4, -0.2) is 5.78 Å². The van der Waals surface area contributed by atoms with Gasteiger partial charge in [0.25, 0.3) is 0 Å². The monoisotopic (exact) mass is 152 g/mol. The van der Waals surface area contributed by atoms with Gasteiger partial charge in [-0.05, 0) is 25.2 Å². The van der Waals surface area contributed by atoms with Crippen LogP contribution in [0.25, 0.3) is 0 Å². The summed E-state index contributed by atoms with van der Waals surface area (Å²) in [5.41, 5.74) is 0. The zero-order valence-electron chi connectivity index (χ0n) is 7.01. The summed E-state index contributed by atoms with van der Waals surface area (Å²) >= 11 is 0. The SMILES string of the molecule is O=C(CCCC1CC1)C1CC1. The lowest BCUT2D eigenvalue weighted by atomic mass is 10.1. The van der Waals surface area contributed by atoms with Crippen molar-refractivity contribution in [3.63, 3.8) is 0 Å². The number of hydrogen-bond acceptors (Lipinski definition) is 1. The molecule has 2 rings (SSSR count). The van der Waals surface area contributed by atoms with Crippen LogP contribution in [0.3, 0.4) is 0 Å². The van der Waals surface area contributed by atoms with Crippen molar-refractivity contribution in [3.05, 3.63) is 0 Å². The van der Waals surface area contributed by atoms with Crippen LogP contribution in [0, 0.1) is 11.8 Å². The Hall–Kier alpha value is -0.330. The largest absolute Gasteiger partial charge is 0.299 e. The Balaban J connectivity index is 1.53. The molecule has 1 heteroatoms. The lowest BCUT2D eigenvalue weighted by Gasteiger charge is -1.96. The summed E-state index contributed by atoms with van der Waals surface area (Å²) in [6.45, 7) is 0. The number of carbonyl (C=O) groups is 1. The summed E-state index contributed by atoms with van der Waals surface area (Å²) in [5, 5.41) is 0. The van der Waals surface area contributed by atoms with Crippen molar-refractivity contribution in [1.29, 1.82) is 0 Å². The third-order valence-electron chi connectivity index (χ3n) is 2.77. The molecule has 0 saturated heterocycles. The third-order valence-corrected chi connectivity index (χ3v) is 2.77. The van der Waals surface area contributed by atoms with Crippen LogP contribution in [0.5, 0.6) is 0 Å². The van der Waals surface area contributed by atoms with E-state index in [1.807, 2.05) is 0 Å². The van der Waals surface area contributed by atoms with Crippen LogP contribution in [0.15, 0.2) is 0 Å². The van der Waals surface area contributed by atoms with Crippen molar-refractivity contribution in [1.82, 2.24) is 0 Å². The first-order valence-corrected chi connectivity index (χ1v) is 4.89. The molecule has 2 aliphatic carbocycles. The summed E-state index contributed by atoms with van der Waals surface area (Å²) in [4.78, 5) is 11.2. The van der Waals surface area contributed by atoms with Gasteiger partial charge >= 0.3 is 0 Å². The average Bonchev–Trinajstić information content (AvgIpc) is 2.85. The van der Waals surface area contributed by atoms with Crippen molar-refractivity contribution in [2.24, 2.45) is 11.8 Å². The van der Waals surface area contributed by atoms with Crippen LogP contribution in [0.4, 0.5) is 0 Å². The van der Waals surface area contributed by atoms with E-state index in [-0.39, 0.29) is 0 Å². The van der Waals surface area contributed by atoms with E-state index in [0.717, 1.165) is 12.3 Å². The quantitative estimate of drug-likeness (QED) is 0.591. The first kappa shape index (κ1) is 7.33. The molecular formula is C10H16O. The maximum Gasteiger partial charge on any atom is 0.135 e. The van der Waals surface area contributed by atoms with E-state index >= 15 is 0 Å². The Kier molecular flexibility index (Phi) is 1.97. The number of carbonyl (C=O) groups excluding carboxylic acids is 1. The highest BCUT2D eigenvalue weighted by Gasteiger charge is 2.29. The molecule has 0 aliphatic heterocycles. The van der Waals surface area contributed by atoms with Gasteiger partial charge in [-0.1, -0.05) is 19.3 Å². The molecule has 2 saturated carbocycles. The number of hydrogen-bond donors (Lipinski definition) is 0. The molecule has 2 fully saturated rings. The molecule has 0 N–H and O–H groups in total. The summed E-state index contributed by atoms with van der Waals surface area (Å²) in [7, 11) is 0. The summed E-state index contributed by atoms with van der Waals surface area (Å²) in [6.07, 6.45) is 8.58. The normalized spacial score (nSPS) is 23.6. The molecule has 0 aromatic carbocycles. The van der Waals surface area contributed by atoms with E-state index in [9.17, 15) is 4.79 Å². The molecule has 0 unspecified atom stereocenters. The van der Waals surface area contributed by atoms with Crippen molar-refractivity contribution < 1.29 is 4.79 Å². The molecule has 0 aromatic heterocycles. The molecule has 1 nitrogen and oxygen atoms in total. The minimum absolute atomic E-state index is 0.495. The van der Waals surface area contributed by atoms with E-state index in [2.05, 4.69) is 0 Å². The second-order valence-corrected chi connectivity index (χ2v) is 4.08. The predicted molar refractivity (Wildman–Crippen MR) is 44.3 cm³/mol. The number of rotatable bonds is 5. The fourth-order valence-electron chi connectivity index (χ4n) is 1.58. The van der Waals surface area contributed by atoms with Gasteiger partial charge in [0.2, 0.25) is 0 Å². The molecule has 0 heterocycles. The smallest absolute Gasteiger partial charge is 0.135 e. The van der Waals surface area contributed by atoms with Gasteiger partial charge in [0, 0.05) is 12.3 Å². The van der Waals surface area contributed by atoms with Gasteiger partial charge in [-0.2, -0.15) is 0 Å². The van der Waals surface area contributed by atoms with E-state index in [1.165, 1.54) is 38.5 Å². The van der Waals surface area contributed by atoms with Gasteiger partial charge in [-0.3, -0.25) is 4.79 Å². The van der Waals surface area contributed by atoms with E-state index in [4.69, 9.17) is 0 Å². The minimum atomic E-state index is 0.495. The lowest BCUT2D eigenvalue weighted by molar-refractivity contribution is -0.120. The fourth-order valence-corrected chi connectivity index (χ4v) is 1.58. The van der Waals surface area contributed by atoms with Gasteiger partial charge < -0.3 is 0 Å². The van der Waals surface area contributed by atoms with Gasteiger partial charge in [0.15, 0.2) is 0 Å². The highest BCUT2D eigenvalue weighted by molar-refractivity contribution is 5.83. The van der Waals surface area contributed by atoms with Crippen molar-refractivity contribution in [3.8, 4) is 0 Å². The molecule has 2 aliphatic rings. The molecular weight excluding hydrogens is 136 g/mol. The highest BCUT2D eigenvalue weighted by atomic mass is 16.1. The summed E-state index contributed by atoms with van der Waals surface area (Å²) < 4.78 is 0. The van der Waals surface area contributed by atoms with Crippen molar-refractivity contribution >= 4 is 5.78 Å². The van der Waals surface area contributed by atoms with Crippen LogP contribution < -0.4 is 0 Å². The topological polar surface area (TPSA) is 17.1 Å².